The molecule has 0 saturated carbocycles. The predicted molar refractivity (Wildman–Crippen MR) is 85.1 cm³/mol. The van der Waals surface area contributed by atoms with Gasteiger partial charge in [0.1, 0.15) is 0 Å². The number of fused-ring (bicyclic) bond motifs is 2. The molecular weight excluding hydrogens is 496 g/mol. The van der Waals surface area contributed by atoms with Gasteiger partial charge in [-0.15, -0.1) is 0 Å². The van der Waals surface area contributed by atoms with Crippen LogP contribution in [0, 0.1) is 0 Å². The third-order valence-electron chi connectivity index (χ3n) is 4.19. The summed E-state index contributed by atoms with van der Waals surface area (Å²) in [6, 6.07) is 5.90. The van der Waals surface area contributed by atoms with Crippen molar-refractivity contribution in [1.29, 1.82) is 0 Å². The first-order chi connectivity index (χ1) is 9.93. The molecule has 1 aliphatic heterocycles. The molecule has 21 heavy (non-hydrogen) atoms. The Hall–Kier alpha value is -0.0900. The van der Waals surface area contributed by atoms with E-state index in [-0.39, 0.29) is 27.4 Å². The van der Waals surface area contributed by atoms with Crippen LogP contribution in [0.25, 0.3) is 11.2 Å². The van der Waals surface area contributed by atoms with E-state index < -0.39 is 9.02 Å². The number of benzene rings is 1. The molecule has 1 aliphatic rings. The molecule has 1 N–H and O–H groups in total. The van der Waals surface area contributed by atoms with Crippen molar-refractivity contribution >= 4 is 39.7 Å². The molecule has 3 heterocycles. The summed E-state index contributed by atoms with van der Waals surface area (Å²) < 4.78 is 14.9. The minimum atomic E-state index is -0.585. The molecule has 2 aromatic rings. The summed E-state index contributed by atoms with van der Waals surface area (Å²) in [5.41, 5.74) is 2.09. The van der Waals surface area contributed by atoms with E-state index in [0.717, 1.165) is 29.6 Å². The van der Waals surface area contributed by atoms with Gasteiger partial charge in [0.05, 0.1) is 0 Å². The maximum absolute atomic E-state index is 12.7. The Labute approximate surface area is 148 Å². The van der Waals surface area contributed by atoms with Crippen molar-refractivity contribution in [3.63, 3.8) is 0 Å². The van der Waals surface area contributed by atoms with Crippen LogP contribution in [-0.4, -0.2) is 13.4 Å². The van der Waals surface area contributed by atoms with E-state index in [1.165, 1.54) is 0 Å². The van der Waals surface area contributed by atoms with Gasteiger partial charge in [0.25, 0.3) is 0 Å². The van der Waals surface area contributed by atoms with Crippen LogP contribution in [0.15, 0.2) is 22.6 Å². The van der Waals surface area contributed by atoms with Crippen molar-refractivity contribution in [3.8, 4) is 0 Å². The fourth-order valence-corrected chi connectivity index (χ4v) is 5.88. The molecule has 6 heteroatoms. The standard InChI is InChI=1S/C15H18I2NO3/c1-4-15(5-2,10-8-9-6-7-11(10)20-9)21-13(19)14(3,16)12-17-18-12/h6-8,12,18H,4-5H2,1-3H3/q-1. The van der Waals surface area contributed by atoms with Crippen LogP contribution in [-0.2, 0) is 15.1 Å². The number of alkyl halides is 2. The SMILES string of the molecule is CCC(CC)(OC(=O)C(C)(I)C1N[I-]1)c1cc2ccc1o2. The number of nitrogens with one attached hydrogen (secondary N) is 1. The van der Waals surface area contributed by atoms with Gasteiger partial charge in [0, 0.05) is 0 Å². The average molecular weight is 514 g/mol. The van der Waals surface area contributed by atoms with Crippen LogP contribution < -0.4 is 25.0 Å². The van der Waals surface area contributed by atoms with Crippen LogP contribution in [0.5, 0.6) is 0 Å². The molecule has 2 bridgehead atoms. The summed E-state index contributed by atoms with van der Waals surface area (Å²) in [5.74, 6) is -0.125. The molecular formula is C15H18I2NO3-. The Morgan fingerprint density at radius 2 is 2.14 bits per heavy atom. The van der Waals surface area contributed by atoms with Crippen molar-refractivity contribution in [1.82, 2.24) is 3.53 Å². The number of halogens is 2. The first-order valence-corrected chi connectivity index (χ1v) is 10.5. The van der Waals surface area contributed by atoms with Crippen molar-refractivity contribution in [3.05, 3.63) is 23.8 Å². The van der Waals surface area contributed by atoms with Crippen molar-refractivity contribution < 1.29 is 35.4 Å². The van der Waals surface area contributed by atoms with Crippen LogP contribution in [0.4, 0.5) is 0 Å². The fraction of sp³-hybridized carbons (Fsp3) is 0.533. The topological polar surface area (TPSA) is 61.4 Å². The molecule has 1 fully saturated rings. The summed E-state index contributed by atoms with van der Waals surface area (Å²) in [5, 5.41) is 0. The number of carbonyl (C=O) groups excluding carboxylic acids is 1. The van der Waals surface area contributed by atoms with Gasteiger partial charge in [-0.05, 0) is 0 Å². The van der Waals surface area contributed by atoms with E-state index >= 15 is 0 Å². The Bertz CT molecular complexity index is 644. The van der Waals surface area contributed by atoms with Gasteiger partial charge in [-0.1, -0.05) is 0 Å². The molecule has 0 spiro atoms. The number of furan rings is 2. The summed E-state index contributed by atoms with van der Waals surface area (Å²) >= 11 is 2.19. The molecule has 3 rings (SSSR count). The van der Waals surface area contributed by atoms with Crippen LogP contribution in [0.3, 0.4) is 0 Å². The normalized spacial score (nSPS) is 21.8. The Kier molecular flexibility index (Phi) is 4.15. The molecule has 2 unspecified atom stereocenters. The number of hydrogen-bond donors (Lipinski definition) is 1. The molecule has 1 saturated heterocycles. The number of hydrogen-bond acceptors (Lipinski definition) is 4. The van der Waals surface area contributed by atoms with Gasteiger partial charge in [-0.25, -0.2) is 0 Å². The third-order valence-corrected chi connectivity index (χ3v) is 8.94. The molecule has 0 amide bonds. The number of ether oxygens (including phenoxy) is 1. The zero-order chi connectivity index (χ0) is 15.3. The van der Waals surface area contributed by atoms with E-state index in [1.54, 1.807) is 0 Å². The summed E-state index contributed by atoms with van der Waals surface area (Å²) in [7, 11) is 0. The quantitative estimate of drug-likeness (QED) is 0.153. The second-order valence-corrected chi connectivity index (χ2v) is 10.2. The molecule has 0 radical (unpaired) electrons. The van der Waals surface area contributed by atoms with Gasteiger partial charge >= 0.3 is 149 Å². The van der Waals surface area contributed by atoms with Crippen LogP contribution >= 0.6 is 22.6 Å². The van der Waals surface area contributed by atoms with E-state index in [2.05, 4.69) is 40.0 Å². The van der Waals surface area contributed by atoms with Crippen LogP contribution in [0.2, 0.25) is 0 Å². The van der Waals surface area contributed by atoms with Crippen molar-refractivity contribution in [2.45, 2.75) is 46.7 Å². The first kappa shape index (κ1) is 15.8. The van der Waals surface area contributed by atoms with Gasteiger partial charge < -0.3 is 0 Å². The molecule has 4 nitrogen and oxygen atoms in total. The fourth-order valence-electron chi connectivity index (χ4n) is 2.59. The Balaban J connectivity index is 1.90. The Morgan fingerprint density at radius 1 is 1.48 bits per heavy atom. The van der Waals surface area contributed by atoms with Crippen molar-refractivity contribution in [2.75, 3.05) is 0 Å². The first-order valence-electron chi connectivity index (χ1n) is 7.05. The maximum atomic E-state index is 12.7. The number of carbonyl (C=O) groups is 1. The minimum absolute atomic E-state index is 0.0353. The van der Waals surface area contributed by atoms with Crippen molar-refractivity contribution in [2.24, 2.45) is 0 Å². The predicted octanol–water partition coefficient (Wildman–Crippen LogP) is 0.556. The molecule has 116 valence electrons. The number of rotatable bonds is 6. The molecule has 2 atom stereocenters. The average Bonchev–Trinajstić information content (AvgIpc) is 3.14. The zero-order valence-corrected chi connectivity index (χ0v) is 16.5. The van der Waals surface area contributed by atoms with Gasteiger partial charge in [-0.2, -0.15) is 0 Å². The number of esters is 1. The molecule has 0 aromatic carbocycles. The second kappa shape index (κ2) is 5.52. The van der Waals surface area contributed by atoms with E-state index in [0.29, 0.717) is 4.05 Å². The summed E-state index contributed by atoms with van der Waals surface area (Å²) in [4.78, 5) is 12.7. The summed E-state index contributed by atoms with van der Waals surface area (Å²) in [6.45, 7) is 6.08. The second-order valence-electron chi connectivity index (χ2n) is 5.51. The van der Waals surface area contributed by atoms with Gasteiger partial charge in [0.15, 0.2) is 0 Å². The van der Waals surface area contributed by atoms with E-state index in [9.17, 15) is 4.79 Å². The summed E-state index contributed by atoms with van der Waals surface area (Å²) in [6.07, 6.45) is 1.49. The van der Waals surface area contributed by atoms with E-state index in [1.807, 2.05) is 25.1 Å². The third kappa shape index (κ3) is 2.67. The Morgan fingerprint density at radius 3 is 2.57 bits per heavy atom. The van der Waals surface area contributed by atoms with E-state index in [4.69, 9.17) is 9.15 Å². The molecule has 2 aromatic heterocycles. The molecule has 0 aliphatic carbocycles. The van der Waals surface area contributed by atoms with Gasteiger partial charge in [-0.3, -0.25) is 0 Å². The zero-order valence-electron chi connectivity index (χ0n) is 12.2. The van der Waals surface area contributed by atoms with Gasteiger partial charge in [0.2, 0.25) is 0 Å². The monoisotopic (exact) mass is 514 g/mol. The van der Waals surface area contributed by atoms with Crippen LogP contribution in [0.1, 0.15) is 39.2 Å².